The summed E-state index contributed by atoms with van der Waals surface area (Å²) in [5.74, 6) is -0.374. The molecule has 0 unspecified atom stereocenters. The van der Waals surface area contributed by atoms with E-state index in [9.17, 15) is 8.78 Å². The van der Waals surface area contributed by atoms with Crippen LogP contribution >= 0.6 is 0 Å². The van der Waals surface area contributed by atoms with Crippen molar-refractivity contribution in [3.05, 3.63) is 23.8 Å². The third kappa shape index (κ3) is 2.75. The third-order valence-corrected chi connectivity index (χ3v) is 3.52. The van der Waals surface area contributed by atoms with Crippen LogP contribution in [-0.2, 0) is 11.3 Å². The molecule has 3 rings (SSSR count). The first-order valence-electron chi connectivity index (χ1n) is 6.83. The van der Waals surface area contributed by atoms with Crippen LogP contribution in [0.2, 0.25) is 0 Å². The van der Waals surface area contributed by atoms with E-state index in [0.29, 0.717) is 18.7 Å². The molecule has 2 N–H and O–H groups in total. The molecule has 1 aromatic heterocycles. The molecule has 1 fully saturated rings. The van der Waals surface area contributed by atoms with Crippen LogP contribution in [0.25, 0.3) is 11.0 Å². The Kier molecular flexibility index (Phi) is 3.56. The Balaban J connectivity index is 1.68. The van der Waals surface area contributed by atoms with Crippen molar-refractivity contribution in [3.63, 3.8) is 0 Å². The van der Waals surface area contributed by atoms with Gasteiger partial charge in [-0.3, -0.25) is 0 Å². The lowest BCUT2D eigenvalue weighted by Gasteiger charge is -2.07. The standard InChI is InChI=1S/C14H17F2N3O/c15-10-6-11(16)13-12(7-10)19(14(17)18-13)4-1-5-20-8-9-2-3-9/h6-7,9H,1-5,8H2,(H2,17,18). The van der Waals surface area contributed by atoms with E-state index in [4.69, 9.17) is 10.5 Å². The molecule has 1 aliphatic carbocycles. The average molecular weight is 281 g/mol. The highest BCUT2D eigenvalue weighted by atomic mass is 19.1. The van der Waals surface area contributed by atoms with E-state index in [2.05, 4.69) is 4.98 Å². The number of rotatable bonds is 6. The summed E-state index contributed by atoms with van der Waals surface area (Å²) in [6.07, 6.45) is 3.26. The first-order chi connectivity index (χ1) is 9.65. The monoisotopic (exact) mass is 281 g/mol. The van der Waals surface area contributed by atoms with Gasteiger partial charge < -0.3 is 15.0 Å². The lowest BCUT2D eigenvalue weighted by atomic mass is 10.3. The van der Waals surface area contributed by atoms with Crippen molar-refractivity contribution in [1.29, 1.82) is 0 Å². The van der Waals surface area contributed by atoms with Crippen LogP contribution in [0, 0.1) is 17.6 Å². The second kappa shape index (κ2) is 5.36. The van der Waals surface area contributed by atoms with Gasteiger partial charge in [-0.05, 0) is 25.2 Å². The quantitative estimate of drug-likeness (QED) is 0.828. The summed E-state index contributed by atoms with van der Waals surface area (Å²) < 4.78 is 34.0. The van der Waals surface area contributed by atoms with Crippen molar-refractivity contribution >= 4 is 17.0 Å². The minimum atomic E-state index is -0.685. The number of aryl methyl sites for hydroxylation is 1. The van der Waals surface area contributed by atoms with Gasteiger partial charge in [-0.1, -0.05) is 0 Å². The van der Waals surface area contributed by atoms with Gasteiger partial charge in [-0.25, -0.2) is 13.8 Å². The summed E-state index contributed by atoms with van der Waals surface area (Å²) in [6.45, 7) is 1.96. The van der Waals surface area contributed by atoms with Crippen LogP contribution in [0.4, 0.5) is 14.7 Å². The molecule has 1 aromatic carbocycles. The molecule has 1 saturated carbocycles. The molecular formula is C14H17F2N3O. The number of aromatic nitrogens is 2. The van der Waals surface area contributed by atoms with E-state index >= 15 is 0 Å². The zero-order chi connectivity index (χ0) is 14.1. The van der Waals surface area contributed by atoms with E-state index in [0.717, 1.165) is 25.0 Å². The Morgan fingerprint density at radius 3 is 2.90 bits per heavy atom. The highest BCUT2D eigenvalue weighted by Crippen LogP contribution is 2.28. The number of hydrogen-bond donors (Lipinski definition) is 1. The first-order valence-corrected chi connectivity index (χ1v) is 6.83. The van der Waals surface area contributed by atoms with E-state index in [1.54, 1.807) is 4.57 Å². The molecule has 4 nitrogen and oxygen atoms in total. The predicted octanol–water partition coefficient (Wildman–Crippen LogP) is 2.71. The van der Waals surface area contributed by atoms with E-state index in [1.807, 2.05) is 0 Å². The molecule has 1 aliphatic rings. The second-order valence-corrected chi connectivity index (χ2v) is 5.25. The Hall–Kier alpha value is -1.69. The van der Waals surface area contributed by atoms with Gasteiger partial charge in [-0.2, -0.15) is 0 Å². The summed E-state index contributed by atoms with van der Waals surface area (Å²) in [4.78, 5) is 3.95. The molecule has 1 heterocycles. The number of nitrogens with zero attached hydrogens (tertiary/aromatic N) is 2. The smallest absolute Gasteiger partial charge is 0.201 e. The number of fused-ring (bicyclic) bond motifs is 1. The van der Waals surface area contributed by atoms with Crippen molar-refractivity contribution in [1.82, 2.24) is 9.55 Å². The largest absolute Gasteiger partial charge is 0.381 e. The number of nitrogen functional groups attached to an aromatic ring is 1. The van der Waals surface area contributed by atoms with E-state index < -0.39 is 11.6 Å². The molecule has 20 heavy (non-hydrogen) atoms. The highest BCUT2D eigenvalue weighted by Gasteiger charge is 2.21. The number of hydrogen-bond acceptors (Lipinski definition) is 3. The maximum atomic E-state index is 13.6. The van der Waals surface area contributed by atoms with Crippen molar-refractivity contribution in [3.8, 4) is 0 Å². The number of halogens is 2. The lowest BCUT2D eigenvalue weighted by Crippen LogP contribution is -2.07. The molecule has 108 valence electrons. The van der Waals surface area contributed by atoms with Gasteiger partial charge in [0.1, 0.15) is 11.3 Å². The molecular weight excluding hydrogens is 264 g/mol. The second-order valence-electron chi connectivity index (χ2n) is 5.25. The van der Waals surface area contributed by atoms with Crippen molar-refractivity contribution in [2.24, 2.45) is 5.92 Å². The summed E-state index contributed by atoms with van der Waals surface area (Å²) in [5.41, 5.74) is 6.27. The maximum absolute atomic E-state index is 13.6. The van der Waals surface area contributed by atoms with Crippen molar-refractivity contribution in [2.75, 3.05) is 18.9 Å². The zero-order valence-electron chi connectivity index (χ0n) is 11.1. The van der Waals surface area contributed by atoms with Gasteiger partial charge in [0.25, 0.3) is 0 Å². The highest BCUT2D eigenvalue weighted by molar-refractivity contribution is 5.79. The molecule has 2 aromatic rings. The topological polar surface area (TPSA) is 53.1 Å². The van der Waals surface area contributed by atoms with E-state index in [-0.39, 0.29) is 11.5 Å². The molecule has 0 atom stereocenters. The average Bonchev–Trinajstić information content (AvgIpc) is 3.15. The van der Waals surface area contributed by atoms with Crippen LogP contribution in [-0.4, -0.2) is 22.8 Å². The number of benzene rings is 1. The Morgan fingerprint density at radius 1 is 1.35 bits per heavy atom. The molecule has 0 bridgehead atoms. The summed E-state index contributed by atoms with van der Waals surface area (Å²) in [5, 5.41) is 0. The van der Waals surface area contributed by atoms with Crippen LogP contribution in [0.3, 0.4) is 0 Å². The first kappa shape index (κ1) is 13.3. The molecule has 0 aliphatic heterocycles. The van der Waals surface area contributed by atoms with Gasteiger partial charge in [0.05, 0.1) is 5.52 Å². The fourth-order valence-electron chi connectivity index (χ4n) is 2.26. The van der Waals surface area contributed by atoms with Gasteiger partial charge in [0.15, 0.2) is 5.82 Å². The summed E-state index contributed by atoms with van der Waals surface area (Å²) in [7, 11) is 0. The predicted molar refractivity (Wildman–Crippen MR) is 72.2 cm³/mol. The number of nitrogens with two attached hydrogens (primary N) is 1. The van der Waals surface area contributed by atoms with Crippen molar-refractivity contribution in [2.45, 2.75) is 25.8 Å². The Labute approximate surface area is 115 Å². The normalized spacial score (nSPS) is 15.1. The number of imidazole rings is 1. The SMILES string of the molecule is Nc1nc2c(F)cc(F)cc2n1CCCOCC1CC1. The van der Waals surface area contributed by atoms with E-state index in [1.165, 1.54) is 18.9 Å². The van der Waals surface area contributed by atoms with Crippen LogP contribution in [0.1, 0.15) is 19.3 Å². The molecule has 6 heteroatoms. The van der Waals surface area contributed by atoms with Crippen LogP contribution in [0.5, 0.6) is 0 Å². The molecule has 0 radical (unpaired) electrons. The zero-order valence-corrected chi connectivity index (χ0v) is 11.1. The van der Waals surface area contributed by atoms with Gasteiger partial charge >= 0.3 is 0 Å². The lowest BCUT2D eigenvalue weighted by molar-refractivity contribution is 0.119. The van der Waals surface area contributed by atoms with Crippen molar-refractivity contribution < 1.29 is 13.5 Å². The summed E-state index contributed by atoms with van der Waals surface area (Å²) in [6, 6.07) is 2.07. The van der Waals surface area contributed by atoms with Crippen LogP contribution < -0.4 is 5.73 Å². The number of anilines is 1. The van der Waals surface area contributed by atoms with Gasteiger partial charge in [0.2, 0.25) is 5.95 Å². The summed E-state index contributed by atoms with van der Waals surface area (Å²) >= 11 is 0. The Morgan fingerprint density at radius 2 is 2.15 bits per heavy atom. The fraction of sp³-hybridized carbons (Fsp3) is 0.500. The molecule has 0 spiro atoms. The minimum Gasteiger partial charge on any atom is -0.381 e. The third-order valence-electron chi connectivity index (χ3n) is 3.52. The van der Waals surface area contributed by atoms with Crippen LogP contribution in [0.15, 0.2) is 12.1 Å². The molecule has 0 amide bonds. The van der Waals surface area contributed by atoms with Gasteiger partial charge in [-0.15, -0.1) is 0 Å². The van der Waals surface area contributed by atoms with Gasteiger partial charge in [0, 0.05) is 31.9 Å². The number of ether oxygens (including phenoxy) is 1. The maximum Gasteiger partial charge on any atom is 0.201 e. The minimum absolute atomic E-state index is 0.114. The fourth-order valence-corrected chi connectivity index (χ4v) is 2.26. The Bertz CT molecular complexity index is 622. The molecule has 0 saturated heterocycles.